The Morgan fingerprint density at radius 3 is 2.62 bits per heavy atom. The molecule has 0 bridgehead atoms. The summed E-state index contributed by atoms with van der Waals surface area (Å²) < 4.78 is 32.2. The van der Waals surface area contributed by atoms with E-state index in [9.17, 15) is 8.42 Å². The lowest BCUT2D eigenvalue weighted by Gasteiger charge is -2.35. The van der Waals surface area contributed by atoms with Gasteiger partial charge >= 0.3 is 0 Å². The Kier molecular flexibility index (Phi) is 6.46. The third-order valence-electron chi connectivity index (χ3n) is 3.66. The van der Waals surface area contributed by atoms with Crippen LogP contribution in [0.3, 0.4) is 0 Å². The number of piperazine rings is 1. The van der Waals surface area contributed by atoms with Gasteiger partial charge in [-0.2, -0.15) is 4.31 Å². The minimum absolute atomic E-state index is 0. The lowest BCUT2D eigenvalue weighted by atomic mass is 10.0. The van der Waals surface area contributed by atoms with Crippen LogP contribution in [-0.4, -0.2) is 45.5 Å². The molecule has 0 aromatic heterocycles. The largest absolute Gasteiger partial charge is 0.495 e. The average Bonchev–Trinajstić information content (AvgIpc) is 2.47. The first-order valence-corrected chi connectivity index (χ1v) is 8.27. The number of ether oxygens (including phenoxy) is 1. The number of hydrogen-bond donors (Lipinski definition) is 1. The number of methoxy groups -OCH3 is 1. The van der Waals surface area contributed by atoms with Crippen molar-refractivity contribution in [2.24, 2.45) is 5.92 Å². The van der Waals surface area contributed by atoms with Gasteiger partial charge in [0.05, 0.1) is 7.11 Å². The van der Waals surface area contributed by atoms with Gasteiger partial charge in [-0.25, -0.2) is 8.42 Å². The van der Waals surface area contributed by atoms with E-state index in [1.165, 1.54) is 7.11 Å². The summed E-state index contributed by atoms with van der Waals surface area (Å²) in [7, 11) is -2.01. The lowest BCUT2D eigenvalue weighted by Crippen LogP contribution is -2.54. The maximum absolute atomic E-state index is 12.8. The highest BCUT2D eigenvalue weighted by atomic mass is 35.5. The molecule has 1 heterocycles. The van der Waals surface area contributed by atoms with Gasteiger partial charge in [0.1, 0.15) is 10.6 Å². The number of benzene rings is 1. The molecule has 1 fully saturated rings. The monoisotopic (exact) mass is 334 g/mol. The van der Waals surface area contributed by atoms with E-state index in [4.69, 9.17) is 4.74 Å². The fourth-order valence-corrected chi connectivity index (χ4v) is 4.01. The van der Waals surface area contributed by atoms with Crippen LogP contribution in [0.2, 0.25) is 0 Å². The first kappa shape index (κ1) is 18.2. The fourth-order valence-electron chi connectivity index (χ4n) is 2.39. The first-order valence-electron chi connectivity index (χ1n) is 6.83. The summed E-state index contributed by atoms with van der Waals surface area (Å²) in [6.07, 6.45) is 0. The van der Waals surface area contributed by atoms with E-state index in [0.29, 0.717) is 31.3 Å². The average molecular weight is 335 g/mol. The van der Waals surface area contributed by atoms with E-state index in [1.807, 2.05) is 0 Å². The molecular formula is C14H23ClN2O3S. The van der Waals surface area contributed by atoms with Crippen molar-refractivity contribution >= 4 is 22.4 Å². The second kappa shape index (κ2) is 7.45. The molecule has 1 saturated heterocycles. The van der Waals surface area contributed by atoms with Crippen molar-refractivity contribution in [3.05, 3.63) is 24.3 Å². The van der Waals surface area contributed by atoms with Crippen LogP contribution >= 0.6 is 12.4 Å². The number of nitrogens with one attached hydrogen (secondary N) is 1. The molecule has 21 heavy (non-hydrogen) atoms. The van der Waals surface area contributed by atoms with E-state index >= 15 is 0 Å². The second-order valence-electron chi connectivity index (χ2n) is 5.32. The number of para-hydroxylation sites is 1. The van der Waals surface area contributed by atoms with Crippen LogP contribution in [0, 0.1) is 5.92 Å². The van der Waals surface area contributed by atoms with Gasteiger partial charge in [0.15, 0.2) is 0 Å². The van der Waals surface area contributed by atoms with Crippen molar-refractivity contribution in [3.8, 4) is 5.75 Å². The zero-order valence-corrected chi connectivity index (χ0v) is 14.2. The van der Waals surface area contributed by atoms with E-state index in [-0.39, 0.29) is 23.3 Å². The van der Waals surface area contributed by atoms with Crippen molar-refractivity contribution in [3.63, 3.8) is 0 Å². The lowest BCUT2D eigenvalue weighted by molar-refractivity contribution is 0.255. The third kappa shape index (κ3) is 3.88. The van der Waals surface area contributed by atoms with Gasteiger partial charge in [-0.1, -0.05) is 26.0 Å². The molecule has 1 aromatic carbocycles. The van der Waals surface area contributed by atoms with Crippen molar-refractivity contribution in [2.75, 3.05) is 26.7 Å². The molecule has 2 rings (SSSR count). The summed E-state index contributed by atoms with van der Waals surface area (Å²) in [5, 5.41) is 3.36. The molecule has 0 radical (unpaired) electrons. The normalized spacial score (nSPS) is 20.1. The Hall–Kier alpha value is -0.820. The maximum Gasteiger partial charge on any atom is 0.246 e. The number of hydrogen-bond acceptors (Lipinski definition) is 4. The minimum atomic E-state index is -3.50. The Morgan fingerprint density at radius 2 is 2.00 bits per heavy atom. The molecule has 7 heteroatoms. The standard InChI is InChI=1S/C14H22N2O3S.ClH/c1-11(2)12-10-16(9-8-15-12)20(17,18)14-7-5-4-6-13(14)19-3;/h4-7,11-12,15H,8-10H2,1-3H3;1H/t12-;/m1./s1. The van der Waals surface area contributed by atoms with Crippen molar-refractivity contribution in [1.29, 1.82) is 0 Å². The quantitative estimate of drug-likeness (QED) is 0.911. The molecule has 0 unspecified atom stereocenters. The van der Waals surface area contributed by atoms with E-state index < -0.39 is 10.0 Å². The molecule has 1 aliphatic rings. The molecule has 0 aliphatic carbocycles. The number of halogens is 1. The number of nitrogens with zero attached hydrogens (tertiary/aromatic N) is 1. The topological polar surface area (TPSA) is 58.6 Å². The highest BCUT2D eigenvalue weighted by Crippen LogP contribution is 2.27. The van der Waals surface area contributed by atoms with E-state index in [2.05, 4.69) is 19.2 Å². The zero-order valence-electron chi connectivity index (χ0n) is 12.6. The maximum atomic E-state index is 12.8. The minimum Gasteiger partial charge on any atom is -0.495 e. The number of rotatable bonds is 4. The third-order valence-corrected chi connectivity index (χ3v) is 5.56. The van der Waals surface area contributed by atoms with Gasteiger partial charge in [-0.05, 0) is 18.1 Å². The Balaban J connectivity index is 0.00000220. The summed E-state index contributed by atoms with van der Waals surface area (Å²) in [4.78, 5) is 0.243. The summed E-state index contributed by atoms with van der Waals surface area (Å²) in [6.45, 7) is 5.85. The van der Waals surface area contributed by atoms with E-state index in [1.54, 1.807) is 28.6 Å². The molecule has 1 atom stereocenters. The predicted molar refractivity (Wildman–Crippen MR) is 85.6 cm³/mol. The highest BCUT2D eigenvalue weighted by Gasteiger charge is 2.32. The highest BCUT2D eigenvalue weighted by molar-refractivity contribution is 7.89. The summed E-state index contributed by atoms with van der Waals surface area (Å²) >= 11 is 0. The Bertz CT molecular complexity index is 563. The second-order valence-corrected chi connectivity index (χ2v) is 7.22. The zero-order chi connectivity index (χ0) is 14.8. The van der Waals surface area contributed by atoms with Gasteiger partial charge in [-0.3, -0.25) is 0 Å². The SMILES string of the molecule is COc1ccccc1S(=O)(=O)N1CCN[C@@H](C(C)C)C1.Cl. The van der Waals surface area contributed by atoms with Crippen molar-refractivity contribution in [1.82, 2.24) is 9.62 Å². The van der Waals surface area contributed by atoms with Gasteiger partial charge < -0.3 is 10.1 Å². The molecule has 0 amide bonds. The van der Waals surface area contributed by atoms with Crippen LogP contribution in [0.1, 0.15) is 13.8 Å². The first-order chi connectivity index (χ1) is 9.46. The van der Waals surface area contributed by atoms with Gasteiger partial charge in [0, 0.05) is 25.7 Å². The molecule has 5 nitrogen and oxygen atoms in total. The summed E-state index contributed by atoms with van der Waals surface area (Å²) in [6, 6.07) is 6.95. The van der Waals surface area contributed by atoms with Gasteiger partial charge in [0.25, 0.3) is 0 Å². The van der Waals surface area contributed by atoms with Crippen LogP contribution in [0.4, 0.5) is 0 Å². The molecule has 0 spiro atoms. The van der Waals surface area contributed by atoms with Gasteiger partial charge in [0.2, 0.25) is 10.0 Å². The van der Waals surface area contributed by atoms with Crippen LogP contribution in [-0.2, 0) is 10.0 Å². The molecule has 1 N–H and O–H groups in total. The molecule has 120 valence electrons. The Morgan fingerprint density at radius 1 is 1.33 bits per heavy atom. The summed E-state index contributed by atoms with van der Waals surface area (Å²) in [5.74, 6) is 0.790. The molecular weight excluding hydrogens is 312 g/mol. The Labute approximate surface area is 133 Å². The van der Waals surface area contributed by atoms with Crippen LogP contribution in [0.5, 0.6) is 5.75 Å². The van der Waals surface area contributed by atoms with Gasteiger partial charge in [-0.15, -0.1) is 12.4 Å². The van der Waals surface area contributed by atoms with Crippen molar-refractivity contribution < 1.29 is 13.2 Å². The smallest absolute Gasteiger partial charge is 0.246 e. The van der Waals surface area contributed by atoms with Crippen molar-refractivity contribution in [2.45, 2.75) is 24.8 Å². The van der Waals surface area contributed by atoms with Crippen LogP contribution in [0.15, 0.2) is 29.2 Å². The molecule has 1 aliphatic heterocycles. The van der Waals surface area contributed by atoms with Crippen LogP contribution in [0.25, 0.3) is 0 Å². The molecule has 0 saturated carbocycles. The molecule has 1 aromatic rings. The predicted octanol–water partition coefficient (Wildman–Crippen LogP) is 1.74. The number of sulfonamides is 1. The van der Waals surface area contributed by atoms with Crippen LogP contribution < -0.4 is 10.1 Å². The fraction of sp³-hybridized carbons (Fsp3) is 0.571. The van der Waals surface area contributed by atoms with E-state index in [0.717, 1.165) is 0 Å². The summed E-state index contributed by atoms with van der Waals surface area (Å²) in [5.41, 5.74) is 0.